The number of halogens is 1. The van der Waals surface area contributed by atoms with Crippen molar-refractivity contribution in [3.05, 3.63) is 58.6 Å². The molecule has 3 rings (SSSR count). The Hall–Kier alpha value is -2.00. The molecule has 0 radical (unpaired) electrons. The van der Waals surface area contributed by atoms with Crippen molar-refractivity contribution in [1.82, 2.24) is 0 Å². The summed E-state index contributed by atoms with van der Waals surface area (Å²) in [5.74, 6) is 0.628. The van der Waals surface area contributed by atoms with Crippen molar-refractivity contribution >= 4 is 23.6 Å². The average Bonchev–Trinajstić information content (AvgIpc) is 2.86. The van der Waals surface area contributed by atoms with Crippen LogP contribution in [0, 0.1) is 0 Å². The molecule has 21 heavy (non-hydrogen) atoms. The van der Waals surface area contributed by atoms with E-state index < -0.39 is 0 Å². The van der Waals surface area contributed by atoms with Crippen LogP contribution in [0.2, 0.25) is 5.02 Å². The molecule has 0 aliphatic carbocycles. The van der Waals surface area contributed by atoms with E-state index in [9.17, 15) is 4.79 Å². The van der Waals surface area contributed by atoms with Gasteiger partial charge in [-0.3, -0.25) is 0 Å². The molecule has 0 saturated carbocycles. The number of nitrogens with zero attached hydrogens (tertiary/aromatic N) is 1. The molecule has 1 unspecified atom stereocenters. The van der Waals surface area contributed by atoms with Crippen molar-refractivity contribution in [2.75, 3.05) is 18.6 Å². The molecular formula is C17H16ClNO2. The summed E-state index contributed by atoms with van der Waals surface area (Å²) in [5, 5.41) is 0.606. The van der Waals surface area contributed by atoms with Gasteiger partial charge in [0.1, 0.15) is 12.0 Å². The van der Waals surface area contributed by atoms with Gasteiger partial charge in [0.05, 0.1) is 18.1 Å². The van der Waals surface area contributed by atoms with Crippen molar-refractivity contribution in [2.24, 2.45) is 0 Å². The molecule has 3 nitrogen and oxygen atoms in total. The highest BCUT2D eigenvalue weighted by molar-refractivity contribution is 6.32. The van der Waals surface area contributed by atoms with Crippen LogP contribution >= 0.6 is 11.6 Å². The third-order valence-corrected chi connectivity index (χ3v) is 4.14. The van der Waals surface area contributed by atoms with E-state index in [4.69, 9.17) is 16.3 Å². The Morgan fingerprint density at radius 1 is 1.33 bits per heavy atom. The third-order valence-electron chi connectivity index (χ3n) is 3.85. The van der Waals surface area contributed by atoms with Crippen LogP contribution < -0.4 is 9.64 Å². The Morgan fingerprint density at radius 2 is 2.14 bits per heavy atom. The summed E-state index contributed by atoms with van der Waals surface area (Å²) < 4.78 is 5.17. The number of rotatable bonds is 4. The second-order valence-electron chi connectivity index (χ2n) is 5.15. The maximum Gasteiger partial charge on any atom is 0.137 e. The average molecular weight is 302 g/mol. The molecule has 0 saturated heterocycles. The first-order valence-corrected chi connectivity index (χ1v) is 7.22. The fraction of sp³-hybridized carbons (Fsp3) is 0.235. The van der Waals surface area contributed by atoms with E-state index in [1.807, 2.05) is 36.4 Å². The maximum absolute atomic E-state index is 11.2. The Balaban J connectivity index is 1.86. The number of aldehydes is 1. The van der Waals surface area contributed by atoms with Crippen LogP contribution in [-0.2, 0) is 11.3 Å². The molecule has 0 N–H and O–H groups in total. The normalized spacial score (nSPS) is 16.7. The van der Waals surface area contributed by atoms with E-state index in [1.165, 1.54) is 0 Å². The van der Waals surface area contributed by atoms with Gasteiger partial charge in [0.25, 0.3) is 0 Å². The largest absolute Gasteiger partial charge is 0.495 e. The Kier molecular flexibility index (Phi) is 3.84. The van der Waals surface area contributed by atoms with Gasteiger partial charge in [-0.25, -0.2) is 0 Å². The number of ether oxygens (including phenoxy) is 1. The molecule has 0 amide bonds. The Morgan fingerprint density at radius 3 is 2.86 bits per heavy atom. The lowest BCUT2D eigenvalue weighted by molar-refractivity contribution is -0.108. The topological polar surface area (TPSA) is 29.5 Å². The monoisotopic (exact) mass is 301 g/mol. The Labute approximate surface area is 129 Å². The van der Waals surface area contributed by atoms with Gasteiger partial charge in [-0.1, -0.05) is 35.9 Å². The van der Waals surface area contributed by atoms with Crippen LogP contribution in [0.1, 0.15) is 17.0 Å². The van der Waals surface area contributed by atoms with Crippen LogP contribution in [0.25, 0.3) is 0 Å². The number of para-hydroxylation sites is 1. The second kappa shape index (κ2) is 5.78. The zero-order valence-corrected chi connectivity index (χ0v) is 12.5. The van der Waals surface area contributed by atoms with E-state index in [1.54, 1.807) is 7.11 Å². The van der Waals surface area contributed by atoms with Crippen molar-refractivity contribution in [3.8, 4) is 5.75 Å². The Bertz CT molecular complexity index is 672. The molecule has 0 bridgehead atoms. The van der Waals surface area contributed by atoms with Gasteiger partial charge >= 0.3 is 0 Å². The summed E-state index contributed by atoms with van der Waals surface area (Å²) in [5.41, 5.74) is 3.33. The number of benzene rings is 2. The van der Waals surface area contributed by atoms with Crippen molar-refractivity contribution in [1.29, 1.82) is 0 Å². The predicted octanol–water partition coefficient (Wildman–Crippen LogP) is 3.65. The zero-order valence-electron chi connectivity index (χ0n) is 11.8. The highest BCUT2D eigenvalue weighted by Gasteiger charge is 2.27. The molecule has 2 aromatic rings. The number of carbonyl (C=O) groups excluding carboxylic acids is 1. The SMILES string of the molecule is COc1ccc(CN2CC(C=O)c3ccccc32)cc1Cl. The lowest BCUT2D eigenvalue weighted by Crippen LogP contribution is -2.21. The molecule has 1 aliphatic rings. The number of hydrogen-bond donors (Lipinski definition) is 0. The van der Waals surface area contributed by atoms with Crippen LogP contribution in [0.4, 0.5) is 5.69 Å². The number of hydrogen-bond acceptors (Lipinski definition) is 3. The number of fused-ring (bicyclic) bond motifs is 1. The minimum Gasteiger partial charge on any atom is -0.495 e. The summed E-state index contributed by atoms with van der Waals surface area (Å²) >= 11 is 6.17. The molecule has 0 aromatic heterocycles. The smallest absolute Gasteiger partial charge is 0.137 e. The van der Waals surface area contributed by atoms with Gasteiger partial charge in [-0.2, -0.15) is 0 Å². The summed E-state index contributed by atoms with van der Waals surface area (Å²) in [6, 6.07) is 13.8. The summed E-state index contributed by atoms with van der Waals surface area (Å²) in [6.45, 7) is 1.44. The van der Waals surface area contributed by atoms with E-state index >= 15 is 0 Å². The lowest BCUT2D eigenvalue weighted by atomic mass is 10.0. The van der Waals surface area contributed by atoms with Gasteiger partial charge in [0, 0.05) is 18.8 Å². The van der Waals surface area contributed by atoms with Crippen molar-refractivity contribution < 1.29 is 9.53 Å². The standard InChI is InChI=1S/C17H16ClNO2/c1-21-17-7-6-12(8-15(17)18)9-19-10-13(11-20)14-4-2-3-5-16(14)19/h2-8,11,13H,9-10H2,1H3. The maximum atomic E-state index is 11.2. The predicted molar refractivity (Wildman–Crippen MR) is 84.3 cm³/mol. The first-order valence-electron chi connectivity index (χ1n) is 6.84. The summed E-state index contributed by atoms with van der Waals surface area (Å²) in [6.07, 6.45) is 1.03. The van der Waals surface area contributed by atoms with E-state index in [0.717, 1.165) is 29.6 Å². The van der Waals surface area contributed by atoms with Crippen LogP contribution in [0.3, 0.4) is 0 Å². The lowest BCUT2D eigenvalue weighted by Gasteiger charge is -2.20. The van der Waals surface area contributed by atoms with Crippen molar-refractivity contribution in [3.63, 3.8) is 0 Å². The van der Waals surface area contributed by atoms with E-state index in [-0.39, 0.29) is 5.92 Å². The van der Waals surface area contributed by atoms with Crippen LogP contribution in [0.15, 0.2) is 42.5 Å². The number of carbonyl (C=O) groups is 1. The molecule has 1 aliphatic heterocycles. The highest BCUT2D eigenvalue weighted by Crippen LogP contribution is 2.36. The van der Waals surface area contributed by atoms with Gasteiger partial charge in [-0.15, -0.1) is 0 Å². The fourth-order valence-electron chi connectivity index (χ4n) is 2.82. The van der Waals surface area contributed by atoms with Gasteiger partial charge in [-0.05, 0) is 29.3 Å². The van der Waals surface area contributed by atoms with E-state index in [0.29, 0.717) is 17.3 Å². The molecule has 108 valence electrons. The second-order valence-corrected chi connectivity index (χ2v) is 5.56. The van der Waals surface area contributed by atoms with Gasteiger partial charge in [0.2, 0.25) is 0 Å². The van der Waals surface area contributed by atoms with Crippen LogP contribution in [-0.4, -0.2) is 19.9 Å². The molecule has 2 aromatic carbocycles. The molecule has 1 heterocycles. The summed E-state index contributed by atoms with van der Waals surface area (Å²) in [4.78, 5) is 13.5. The number of methoxy groups -OCH3 is 1. The molecular weight excluding hydrogens is 286 g/mol. The number of anilines is 1. The van der Waals surface area contributed by atoms with Crippen molar-refractivity contribution in [2.45, 2.75) is 12.5 Å². The first-order chi connectivity index (χ1) is 10.2. The first kappa shape index (κ1) is 14.0. The van der Waals surface area contributed by atoms with Gasteiger partial charge in [0.15, 0.2) is 0 Å². The minimum atomic E-state index is -0.0464. The quantitative estimate of drug-likeness (QED) is 0.807. The van der Waals surface area contributed by atoms with Gasteiger partial charge < -0.3 is 14.4 Å². The molecule has 0 spiro atoms. The third kappa shape index (κ3) is 2.61. The fourth-order valence-corrected chi connectivity index (χ4v) is 3.10. The molecule has 1 atom stereocenters. The summed E-state index contributed by atoms with van der Waals surface area (Å²) in [7, 11) is 1.60. The molecule has 4 heteroatoms. The molecule has 0 fully saturated rings. The highest BCUT2D eigenvalue weighted by atomic mass is 35.5. The van der Waals surface area contributed by atoms with E-state index in [2.05, 4.69) is 11.0 Å². The van der Waals surface area contributed by atoms with Crippen LogP contribution in [0.5, 0.6) is 5.75 Å². The minimum absolute atomic E-state index is 0.0464. The zero-order chi connectivity index (χ0) is 14.8.